The number of aromatic nitrogens is 2. The molecule has 0 bridgehead atoms. The lowest BCUT2D eigenvalue weighted by atomic mass is 10.2. The molecule has 1 aliphatic rings. The number of alkyl halides is 1. The first kappa shape index (κ1) is 14.9. The van der Waals surface area contributed by atoms with Crippen LogP contribution in [0.4, 0.5) is 0 Å². The third-order valence-electron chi connectivity index (χ3n) is 4.45. The second kappa shape index (κ2) is 6.37. The quantitative estimate of drug-likeness (QED) is 0.729. The fraction of sp³-hybridized carbons (Fsp3) is 0.588. The van der Waals surface area contributed by atoms with Gasteiger partial charge in [0.15, 0.2) is 0 Å². The lowest BCUT2D eigenvalue weighted by molar-refractivity contribution is 0.266. The van der Waals surface area contributed by atoms with Crippen LogP contribution in [0.1, 0.15) is 31.2 Å². The zero-order valence-corrected chi connectivity index (χ0v) is 13.7. The second-order valence-electron chi connectivity index (χ2n) is 5.92. The van der Waals surface area contributed by atoms with E-state index in [1.807, 2.05) is 0 Å². The summed E-state index contributed by atoms with van der Waals surface area (Å²) in [7, 11) is 0. The number of aryl methyl sites for hydroxylation is 2. The maximum absolute atomic E-state index is 5.96. The largest absolute Gasteiger partial charge is 0.326 e. The summed E-state index contributed by atoms with van der Waals surface area (Å²) in [6, 6.07) is 7.18. The number of para-hydroxylation sites is 1. The van der Waals surface area contributed by atoms with Crippen LogP contribution >= 0.6 is 11.6 Å². The highest BCUT2D eigenvalue weighted by Crippen LogP contribution is 2.27. The number of halogens is 1. The molecule has 1 aromatic carbocycles. The van der Waals surface area contributed by atoms with Gasteiger partial charge >= 0.3 is 0 Å². The van der Waals surface area contributed by atoms with E-state index >= 15 is 0 Å². The number of benzene rings is 1. The molecule has 0 atom stereocenters. The number of hydrogen-bond donors (Lipinski definition) is 0. The Labute approximate surface area is 131 Å². The van der Waals surface area contributed by atoms with Crippen molar-refractivity contribution in [1.82, 2.24) is 14.5 Å². The van der Waals surface area contributed by atoms with Crippen LogP contribution in [0.5, 0.6) is 0 Å². The minimum absolute atomic E-state index is 0.627. The molecule has 114 valence electrons. The molecule has 1 fully saturated rings. The first-order valence-electron chi connectivity index (χ1n) is 7.99. The molecule has 1 heterocycles. The van der Waals surface area contributed by atoms with Gasteiger partial charge in [-0.15, -0.1) is 11.6 Å². The Bertz CT molecular complexity index is 616. The Morgan fingerprint density at radius 3 is 2.86 bits per heavy atom. The van der Waals surface area contributed by atoms with Gasteiger partial charge in [-0.25, -0.2) is 4.98 Å². The SMILES string of the molecule is CCN(CCn1c(CCCl)nc2cccc(C)c21)C1CC1. The molecule has 1 aliphatic carbocycles. The molecule has 3 rings (SSSR count). The van der Waals surface area contributed by atoms with Crippen LogP contribution < -0.4 is 0 Å². The van der Waals surface area contributed by atoms with Gasteiger partial charge in [0, 0.05) is 31.4 Å². The smallest absolute Gasteiger partial charge is 0.111 e. The van der Waals surface area contributed by atoms with Crippen LogP contribution in [-0.2, 0) is 13.0 Å². The maximum Gasteiger partial charge on any atom is 0.111 e. The van der Waals surface area contributed by atoms with Gasteiger partial charge in [-0.05, 0) is 37.9 Å². The summed E-state index contributed by atoms with van der Waals surface area (Å²) in [4.78, 5) is 7.38. The van der Waals surface area contributed by atoms with Gasteiger partial charge in [0.25, 0.3) is 0 Å². The normalized spacial score (nSPS) is 15.2. The lowest BCUT2D eigenvalue weighted by Gasteiger charge is -2.21. The van der Waals surface area contributed by atoms with Gasteiger partial charge in [0.05, 0.1) is 11.0 Å². The minimum Gasteiger partial charge on any atom is -0.326 e. The van der Waals surface area contributed by atoms with E-state index in [0.29, 0.717) is 5.88 Å². The highest BCUT2D eigenvalue weighted by molar-refractivity contribution is 6.17. The highest BCUT2D eigenvalue weighted by Gasteiger charge is 2.27. The highest BCUT2D eigenvalue weighted by atomic mass is 35.5. The molecule has 1 saturated carbocycles. The maximum atomic E-state index is 5.96. The van der Waals surface area contributed by atoms with Crippen molar-refractivity contribution in [3.63, 3.8) is 0 Å². The fourth-order valence-electron chi connectivity index (χ4n) is 3.20. The molecule has 0 amide bonds. The van der Waals surface area contributed by atoms with E-state index in [4.69, 9.17) is 16.6 Å². The third-order valence-corrected chi connectivity index (χ3v) is 4.63. The molecular formula is C17H24ClN3. The molecule has 0 spiro atoms. The lowest BCUT2D eigenvalue weighted by Crippen LogP contribution is -2.29. The molecular weight excluding hydrogens is 282 g/mol. The Balaban J connectivity index is 1.89. The van der Waals surface area contributed by atoms with Gasteiger partial charge in [0.2, 0.25) is 0 Å². The van der Waals surface area contributed by atoms with Crippen molar-refractivity contribution in [3.8, 4) is 0 Å². The van der Waals surface area contributed by atoms with Crippen LogP contribution in [0.25, 0.3) is 11.0 Å². The average molecular weight is 306 g/mol. The first-order valence-corrected chi connectivity index (χ1v) is 8.52. The zero-order valence-electron chi connectivity index (χ0n) is 13.0. The zero-order chi connectivity index (χ0) is 14.8. The van der Waals surface area contributed by atoms with E-state index in [1.54, 1.807) is 0 Å². The third kappa shape index (κ3) is 3.09. The number of rotatable bonds is 7. The van der Waals surface area contributed by atoms with Gasteiger partial charge < -0.3 is 4.57 Å². The van der Waals surface area contributed by atoms with Gasteiger partial charge in [-0.1, -0.05) is 19.1 Å². The molecule has 2 aromatic rings. The van der Waals surface area contributed by atoms with E-state index in [0.717, 1.165) is 43.4 Å². The van der Waals surface area contributed by atoms with E-state index in [9.17, 15) is 0 Å². The van der Waals surface area contributed by atoms with Crippen LogP contribution in [0.3, 0.4) is 0 Å². The summed E-state index contributed by atoms with van der Waals surface area (Å²) < 4.78 is 2.39. The predicted molar refractivity (Wildman–Crippen MR) is 89.2 cm³/mol. The van der Waals surface area contributed by atoms with Crippen LogP contribution in [0.2, 0.25) is 0 Å². The molecule has 3 nitrogen and oxygen atoms in total. The van der Waals surface area contributed by atoms with E-state index in [-0.39, 0.29) is 0 Å². The average Bonchev–Trinajstić information content (AvgIpc) is 3.24. The van der Waals surface area contributed by atoms with Gasteiger partial charge in [0.1, 0.15) is 5.82 Å². The molecule has 0 N–H and O–H groups in total. The summed E-state index contributed by atoms with van der Waals surface area (Å²) in [6.07, 6.45) is 3.57. The molecule has 21 heavy (non-hydrogen) atoms. The molecule has 1 aromatic heterocycles. The van der Waals surface area contributed by atoms with E-state index in [1.165, 1.54) is 23.9 Å². The Hall–Kier alpha value is -1.06. The van der Waals surface area contributed by atoms with Gasteiger partial charge in [-0.2, -0.15) is 0 Å². The minimum atomic E-state index is 0.627. The van der Waals surface area contributed by atoms with E-state index in [2.05, 4.69) is 41.5 Å². The van der Waals surface area contributed by atoms with Crippen molar-refractivity contribution in [3.05, 3.63) is 29.6 Å². The number of hydrogen-bond acceptors (Lipinski definition) is 2. The monoisotopic (exact) mass is 305 g/mol. The molecule has 0 unspecified atom stereocenters. The summed E-state index contributed by atoms with van der Waals surface area (Å²) in [6.45, 7) is 7.69. The molecule has 0 radical (unpaired) electrons. The van der Waals surface area contributed by atoms with Gasteiger partial charge in [-0.3, -0.25) is 4.90 Å². The molecule has 0 saturated heterocycles. The summed E-state index contributed by atoms with van der Waals surface area (Å²) in [5, 5.41) is 0. The van der Waals surface area contributed by atoms with Crippen molar-refractivity contribution in [2.75, 3.05) is 19.0 Å². The Kier molecular flexibility index (Phi) is 4.51. The standard InChI is InChI=1S/C17H24ClN3/c1-3-20(14-7-8-14)11-12-21-16(9-10-18)19-15-6-4-5-13(2)17(15)21/h4-6,14H,3,7-12H2,1-2H3. The number of imidazole rings is 1. The van der Waals surface area contributed by atoms with Crippen molar-refractivity contribution in [2.24, 2.45) is 0 Å². The van der Waals surface area contributed by atoms with E-state index < -0.39 is 0 Å². The summed E-state index contributed by atoms with van der Waals surface area (Å²) in [5.74, 6) is 1.75. The molecule has 4 heteroatoms. The van der Waals surface area contributed by atoms with Crippen LogP contribution in [0, 0.1) is 6.92 Å². The van der Waals surface area contributed by atoms with Crippen molar-refractivity contribution < 1.29 is 0 Å². The van der Waals surface area contributed by atoms with Crippen LogP contribution in [0.15, 0.2) is 18.2 Å². The van der Waals surface area contributed by atoms with Crippen molar-refractivity contribution in [1.29, 1.82) is 0 Å². The van der Waals surface area contributed by atoms with Crippen molar-refractivity contribution in [2.45, 2.75) is 45.7 Å². The first-order chi connectivity index (χ1) is 10.2. The van der Waals surface area contributed by atoms with Crippen LogP contribution in [-0.4, -0.2) is 39.5 Å². The summed E-state index contributed by atoms with van der Waals surface area (Å²) in [5.41, 5.74) is 3.68. The topological polar surface area (TPSA) is 21.1 Å². The summed E-state index contributed by atoms with van der Waals surface area (Å²) >= 11 is 5.96. The Morgan fingerprint density at radius 1 is 1.38 bits per heavy atom. The Morgan fingerprint density at radius 2 is 2.19 bits per heavy atom. The second-order valence-corrected chi connectivity index (χ2v) is 6.30. The fourth-order valence-corrected chi connectivity index (χ4v) is 3.37. The van der Waals surface area contributed by atoms with Crippen molar-refractivity contribution >= 4 is 22.6 Å². The number of likely N-dealkylation sites (N-methyl/N-ethyl adjacent to an activating group) is 1. The number of fused-ring (bicyclic) bond motifs is 1. The predicted octanol–water partition coefficient (Wildman–Crippen LogP) is 3.61. The molecule has 0 aliphatic heterocycles. The number of nitrogens with zero attached hydrogens (tertiary/aromatic N) is 3.